The van der Waals surface area contributed by atoms with Crippen LogP contribution in [-0.2, 0) is 4.43 Å². The molecule has 0 bridgehead atoms. The van der Waals surface area contributed by atoms with E-state index in [1.807, 2.05) is 26.9 Å². The van der Waals surface area contributed by atoms with Crippen LogP contribution >= 0.6 is 0 Å². The SMILES string of the molecule is CCC(C)(O[Si](C)(C)O)[Si](C)(C)O. The van der Waals surface area contributed by atoms with Gasteiger partial charge in [-0.25, -0.2) is 0 Å². The fraction of sp³-hybridized carbons (Fsp3) is 1.00. The van der Waals surface area contributed by atoms with Gasteiger partial charge in [-0.1, -0.05) is 6.92 Å². The van der Waals surface area contributed by atoms with E-state index in [9.17, 15) is 9.59 Å². The topological polar surface area (TPSA) is 49.7 Å². The van der Waals surface area contributed by atoms with E-state index in [0.717, 1.165) is 6.42 Å². The quantitative estimate of drug-likeness (QED) is 0.711. The molecule has 80 valence electrons. The van der Waals surface area contributed by atoms with Crippen LogP contribution < -0.4 is 0 Å². The van der Waals surface area contributed by atoms with Gasteiger partial charge in [-0.2, -0.15) is 0 Å². The lowest BCUT2D eigenvalue weighted by molar-refractivity contribution is 0.100. The fourth-order valence-electron chi connectivity index (χ4n) is 1.18. The van der Waals surface area contributed by atoms with Crippen LogP contribution in [-0.4, -0.2) is 31.7 Å². The van der Waals surface area contributed by atoms with Crippen LogP contribution in [0.5, 0.6) is 0 Å². The van der Waals surface area contributed by atoms with Crippen LogP contribution in [0.1, 0.15) is 20.3 Å². The minimum absolute atomic E-state index is 0.530. The van der Waals surface area contributed by atoms with Crippen molar-refractivity contribution < 1.29 is 14.0 Å². The van der Waals surface area contributed by atoms with Crippen molar-refractivity contribution in [3.63, 3.8) is 0 Å². The van der Waals surface area contributed by atoms with Gasteiger partial charge < -0.3 is 14.0 Å². The van der Waals surface area contributed by atoms with Gasteiger partial charge in [0.25, 0.3) is 0 Å². The Bertz CT molecular complexity index is 171. The first-order valence-corrected chi connectivity index (χ1v) is 10.5. The van der Waals surface area contributed by atoms with E-state index in [-0.39, 0.29) is 0 Å². The highest BCUT2D eigenvalue weighted by Crippen LogP contribution is 2.28. The highest BCUT2D eigenvalue weighted by atomic mass is 28.4. The third-order valence-electron chi connectivity index (χ3n) is 2.44. The summed E-state index contributed by atoms with van der Waals surface area (Å²) < 4.78 is 5.65. The van der Waals surface area contributed by atoms with Crippen LogP contribution in [0.4, 0.5) is 0 Å². The maximum atomic E-state index is 10.0. The molecule has 0 saturated carbocycles. The summed E-state index contributed by atoms with van der Waals surface area (Å²) in [6, 6.07) is 0. The maximum Gasteiger partial charge on any atom is 0.329 e. The van der Waals surface area contributed by atoms with Gasteiger partial charge in [0.2, 0.25) is 8.32 Å². The van der Waals surface area contributed by atoms with Gasteiger partial charge in [-0.3, -0.25) is 0 Å². The molecule has 0 aliphatic carbocycles. The van der Waals surface area contributed by atoms with Crippen molar-refractivity contribution >= 4 is 16.9 Å². The zero-order valence-corrected chi connectivity index (χ0v) is 11.5. The molecule has 0 spiro atoms. The van der Waals surface area contributed by atoms with Crippen LogP contribution in [0.25, 0.3) is 0 Å². The van der Waals surface area contributed by atoms with Crippen molar-refractivity contribution in [3.8, 4) is 0 Å². The second kappa shape index (κ2) is 3.82. The molecule has 1 atom stereocenters. The van der Waals surface area contributed by atoms with E-state index in [0.29, 0.717) is 0 Å². The summed E-state index contributed by atoms with van der Waals surface area (Å²) in [4.78, 5) is 19.7. The molecule has 5 heteroatoms. The molecule has 0 aromatic carbocycles. The Kier molecular flexibility index (Phi) is 3.91. The highest BCUT2D eigenvalue weighted by molar-refractivity contribution is 6.74. The summed E-state index contributed by atoms with van der Waals surface area (Å²) in [5, 5.41) is -0.530. The van der Waals surface area contributed by atoms with Crippen LogP contribution in [0.15, 0.2) is 0 Å². The van der Waals surface area contributed by atoms with Gasteiger partial charge in [0.15, 0.2) is 0 Å². The molecule has 0 saturated heterocycles. The van der Waals surface area contributed by atoms with E-state index in [2.05, 4.69) is 0 Å². The second-order valence-electron chi connectivity index (χ2n) is 4.69. The van der Waals surface area contributed by atoms with Crippen molar-refractivity contribution in [2.75, 3.05) is 0 Å². The third-order valence-corrected chi connectivity index (χ3v) is 6.64. The molecule has 0 rings (SSSR count). The lowest BCUT2D eigenvalue weighted by Crippen LogP contribution is -2.58. The summed E-state index contributed by atoms with van der Waals surface area (Å²) in [6.07, 6.45) is 0.736. The lowest BCUT2D eigenvalue weighted by atomic mass is 10.3. The lowest BCUT2D eigenvalue weighted by Gasteiger charge is -2.41. The molecular formula is C8H22O3Si2. The molecular weight excluding hydrogens is 200 g/mol. The normalized spacial score (nSPS) is 18.5. The molecule has 0 fully saturated rings. The summed E-state index contributed by atoms with van der Waals surface area (Å²) >= 11 is 0. The van der Waals surface area contributed by atoms with Gasteiger partial charge in [0.05, 0.1) is 5.22 Å². The minimum atomic E-state index is -2.55. The van der Waals surface area contributed by atoms with Crippen molar-refractivity contribution in [1.29, 1.82) is 0 Å². The molecule has 0 aliphatic rings. The molecule has 0 amide bonds. The van der Waals surface area contributed by atoms with Gasteiger partial charge in [0.1, 0.15) is 0 Å². The highest BCUT2D eigenvalue weighted by Gasteiger charge is 2.45. The molecule has 0 heterocycles. The number of hydrogen-bond acceptors (Lipinski definition) is 3. The summed E-state index contributed by atoms with van der Waals surface area (Å²) in [7, 11) is -4.92. The zero-order valence-electron chi connectivity index (χ0n) is 9.51. The minimum Gasteiger partial charge on any atom is -0.429 e. The standard InChI is InChI=1S/C8H22O3Si2/c1-7-8(2,12(3,4)9)11-13(5,6)10/h9-10H,7H2,1-6H3. The van der Waals surface area contributed by atoms with E-state index in [1.165, 1.54) is 0 Å². The van der Waals surface area contributed by atoms with Crippen molar-refractivity contribution in [2.45, 2.75) is 51.7 Å². The van der Waals surface area contributed by atoms with Crippen molar-refractivity contribution in [1.82, 2.24) is 0 Å². The average Bonchev–Trinajstić information content (AvgIpc) is 1.81. The Hall–Kier alpha value is 0.314. The fourth-order valence-corrected chi connectivity index (χ4v) is 5.04. The summed E-state index contributed by atoms with van der Waals surface area (Å²) in [5.74, 6) is 0. The van der Waals surface area contributed by atoms with Crippen molar-refractivity contribution in [2.24, 2.45) is 0 Å². The number of hydrogen-bond donors (Lipinski definition) is 2. The maximum absolute atomic E-state index is 10.0. The average molecular weight is 222 g/mol. The van der Waals surface area contributed by atoms with E-state index in [1.54, 1.807) is 13.1 Å². The molecule has 0 aromatic rings. The second-order valence-corrected chi connectivity index (χ2v) is 12.0. The van der Waals surface area contributed by atoms with E-state index >= 15 is 0 Å². The molecule has 2 N–H and O–H groups in total. The molecule has 0 aliphatic heterocycles. The monoisotopic (exact) mass is 222 g/mol. The third kappa shape index (κ3) is 3.91. The molecule has 13 heavy (non-hydrogen) atoms. The van der Waals surface area contributed by atoms with Crippen LogP contribution in [0.2, 0.25) is 26.2 Å². The Morgan fingerprint density at radius 2 is 1.54 bits per heavy atom. The van der Waals surface area contributed by atoms with Crippen LogP contribution in [0.3, 0.4) is 0 Å². The smallest absolute Gasteiger partial charge is 0.329 e. The molecule has 1 unspecified atom stereocenters. The van der Waals surface area contributed by atoms with Crippen molar-refractivity contribution in [3.05, 3.63) is 0 Å². The Morgan fingerprint density at radius 3 is 1.62 bits per heavy atom. The van der Waals surface area contributed by atoms with Gasteiger partial charge in [0, 0.05) is 0 Å². The van der Waals surface area contributed by atoms with E-state index < -0.39 is 22.1 Å². The predicted octanol–water partition coefficient (Wildman–Crippen LogP) is 1.60. The van der Waals surface area contributed by atoms with Gasteiger partial charge in [-0.05, 0) is 39.5 Å². The Morgan fingerprint density at radius 1 is 1.15 bits per heavy atom. The van der Waals surface area contributed by atoms with Crippen LogP contribution in [0, 0.1) is 0 Å². The molecule has 0 aromatic heterocycles. The summed E-state index contributed by atoms with van der Waals surface area (Å²) in [6.45, 7) is 11.0. The molecule has 0 radical (unpaired) electrons. The van der Waals surface area contributed by atoms with Gasteiger partial charge in [-0.15, -0.1) is 0 Å². The van der Waals surface area contributed by atoms with Gasteiger partial charge >= 0.3 is 8.56 Å². The first-order valence-electron chi connectivity index (χ1n) is 4.67. The number of rotatable bonds is 4. The Balaban J connectivity index is 4.67. The largest absolute Gasteiger partial charge is 0.429 e. The predicted molar refractivity (Wildman–Crippen MR) is 59.2 cm³/mol. The van der Waals surface area contributed by atoms with E-state index in [4.69, 9.17) is 4.43 Å². The molecule has 3 nitrogen and oxygen atoms in total. The zero-order chi connectivity index (χ0) is 10.9. The summed E-state index contributed by atoms with van der Waals surface area (Å²) in [5.41, 5.74) is 0. The first-order chi connectivity index (χ1) is 5.52. The Labute approximate surface area is 83.1 Å². The first kappa shape index (κ1) is 13.3.